The van der Waals surface area contributed by atoms with Crippen LogP contribution in [0.4, 0.5) is 5.69 Å². The second kappa shape index (κ2) is 3.93. The van der Waals surface area contributed by atoms with Gasteiger partial charge in [0.15, 0.2) is 0 Å². The number of hydrogen-bond acceptors (Lipinski definition) is 2. The van der Waals surface area contributed by atoms with Crippen molar-refractivity contribution < 1.29 is 9.90 Å². The number of phenolic OH excluding ortho intramolecular Hbond substituents is 1. The van der Waals surface area contributed by atoms with Crippen molar-refractivity contribution in [2.75, 3.05) is 5.32 Å². The van der Waals surface area contributed by atoms with Gasteiger partial charge in [-0.3, -0.25) is 4.79 Å². The normalized spacial score (nSPS) is 15.0. The van der Waals surface area contributed by atoms with Crippen molar-refractivity contribution in [3.63, 3.8) is 0 Å². The van der Waals surface area contributed by atoms with Gasteiger partial charge in [-0.25, -0.2) is 0 Å². The minimum absolute atomic E-state index is 0.0474. The van der Waals surface area contributed by atoms with Gasteiger partial charge in [-0.1, -0.05) is 6.07 Å². The lowest BCUT2D eigenvalue weighted by Gasteiger charge is -2.08. The van der Waals surface area contributed by atoms with E-state index in [4.69, 9.17) is 0 Å². The third kappa shape index (κ3) is 2.49. The second-order valence-corrected chi connectivity index (χ2v) is 4.15. The Labute approximate surface area is 89.1 Å². The molecule has 1 amide bonds. The second-order valence-electron chi connectivity index (χ2n) is 4.15. The molecule has 0 radical (unpaired) electrons. The highest BCUT2D eigenvalue weighted by molar-refractivity contribution is 5.92. The molecule has 0 heterocycles. The Morgan fingerprint density at radius 3 is 2.93 bits per heavy atom. The number of benzene rings is 1. The molecule has 3 nitrogen and oxygen atoms in total. The van der Waals surface area contributed by atoms with E-state index in [1.165, 1.54) is 12.8 Å². The van der Waals surface area contributed by atoms with Crippen LogP contribution in [0.1, 0.15) is 24.8 Å². The number of carbonyl (C=O) groups excluding carboxylic acids is 1. The van der Waals surface area contributed by atoms with Crippen LogP contribution in [0, 0.1) is 12.8 Å². The highest BCUT2D eigenvalue weighted by Crippen LogP contribution is 2.33. The van der Waals surface area contributed by atoms with Crippen molar-refractivity contribution in [3.05, 3.63) is 23.8 Å². The molecule has 1 aliphatic rings. The van der Waals surface area contributed by atoms with Gasteiger partial charge in [-0.15, -0.1) is 0 Å². The topological polar surface area (TPSA) is 49.3 Å². The highest BCUT2D eigenvalue weighted by Gasteiger charge is 2.24. The Hall–Kier alpha value is -1.51. The van der Waals surface area contributed by atoms with Crippen LogP contribution in [-0.4, -0.2) is 11.0 Å². The summed E-state index contributed by atoms with van der Waals surface area (Å²) in [5.41, 5.74) is 1.43. The molecule has 0 saturated heterocycles. The molecule has 3 heteroatoms. The van der Waals surface area contributed by atoms with E-state index in [1.807, 2.05) is 0 Å². The summed E-state index contributed by atoms with van der Waals surface area (Å²) < 4.78 is 0. The summed E-state index contributed by atoms with van der Waals surface area (Å²) >= 11 is 0. The number of phenols is 1. The third-order valence-electron chi connectivity index (χ3n) is 2.75. The van der Waals surface area contributed by atoms with Crippen molar-refractivity contribution in [2.24, 2.45) is 5.92 Å². The Morgan fingerprint density at radius 2 is 2.27 bits per heavy atom. The lowest BCUT2D eigenvalue weighted by molar-refractivity contribution is -0.116. The summed E-state index contributed by atoms with van der Waals surface area (Å²) in [4.78, 5) is 11.5. The summed E-state index contributed by atoms with van der Waals surface area (Å²) in [6.45, 7) is 1.79. The summed E-state index contributed by atoms with van der Waals surface area (Å²) in [6, 6.07) is 5.15. The lowest BCUT2D eigenvalue weighted by Crippen LogP contribution is -2.12. The van der Waals surface area contributed by atoms with Gasteiger partial charge < -0.3 is 10.4 Å². The van der Waals surface area contributed by atoms with Crippen LogP contribution in [0.2, 0.25) is 0 Å². The molecule has 0 atom stereocenters. The van der Waals surface area contributed by atoms with Gasteiger partial charge in [0.2, 0.25) is 5.91 Å². The van der Waals surface area contributed by atoms with Crippen LogP contribution in [-0.2, 0) is 4.79 Å². The van der Waals surface area contributed by atoms with Crippen LogP contribution in [0.15, 0.2) is 18.2 Å². The van der Waals surface area contributed by atoms with E-state index < -0.39 is 0 Å². The summed E-state index contributed by atoms with van der Waals surface area (Å²) in [5.74, 6) is 0.855. The molecule has 15 heavy (non-hydrogen) atoms. The average molecular weight is 205 g/mol. The molecular weight excluding hydrogens is 190 g/mol. The van der Waals surface area contributed by atoms with Crippen molar-refractivity contribution in [1.82, 2.24) is 0 Å². The first-order valence-corrected chi connectivity index (χ1v) is 5.25. The molecule has 0 unspecified atom stereocenters. The number of anilines is 1. The first-order chi connectivity index (χ1) is 7.16. The maximum Gasteiger partial charge on any atom is 0.224 e. The molecule has 1 aromatic carbocycles. The van der Waals surface area contributed by atoms with Crippen LogP contribution >= 0.6 is 0 Å². The standard InChI is InChI=1S/C12H15NO2/c1-8-10(3-2-4-11(8)14)13-12(15)7-9-5-6-9/h2-4,9,14H,5-7H2,1H3,(H,13,15). The summed E-state index contributed by atoms with van der Waals surface area (Å²) in [6.07, 6.45) is 2.95. The monoisotopic (exact) mass is 205 g/mol. The predicted molar refractivity (Wildman–Crippen MR) is 58.8 cm³/mol. The third-order valence-corrected chi connectivity index (χ3v) is 2.75. The van der Waals surface area contributed by atoms with Crippen LogP contribution in [0.5, 0.6) is 5.75 Å². The van der Waals surface area contributed by atoms with Crippen molar-refractivity contribution in [1.29, 1.82) is 0 Å². The van der Waals surface area contributed by atoms with E-state index in [1.54, 1.807) is 25.1 Å². The number of hydrogen-bond donors (Lipinski definition) is 2. The predicted octanol–water partition coefficient (Wildman–Crippen LogP) is 2.44. The molecule has 2 rings (SSSR count). The van der Waals surface area contributed by atoms with Crippen LogP contribution in [0.3, 0.4) is 0 Å². The van der Waals surface area contributed by atoms with E-state index in [0.717, 1.165) is 5.56 Å². The van der Waals surface area contributed by atoms with Gasteiger partial charge in [0.25, 0.3) is 0 Å². The fourth-order valence-corrected chi connectivity index (χ4v) is 1.54. The first-order valence-electron chi connectivity index (χ1n) is 5.25. The van der Waals surface area contributed by atoms with Gasteiger partial charge in [-0.2, -0.15) is 0 Å². The lowest BCUT2D eigenvalue weighted by atomic mass is 10.1. The smallest absolute Gasteiger partial charge is 0.224 e. The van der Waals surface area contributed by atoms with E-state index in [0.29, 0.717) is 18.0 Å². The molecule has 0 aromatic heterocycles. The maximum atomic E-state index is 11.5. The number of nitrogens with one attached hydrogen (secondary N) is 1. The zero-order valence-corrected chi connectivity index (χ0v) is 8.79. The van der Waals surface area contributed by atoms with Gasteiger partial charge in [0.1, 0.15) is 5.75 Å². The molecule has 0 bridgehead atoms. The highest BCUT2D eigenvalue weighted by atomic mass is 16.3. The Morgan fingerprint density at radius 1 is 1.53 bits per heavy atom. The quantitative estimate of drug-likeness (QED) is 0.796. The minimum atomic E-state index is 0.0474. The van der Waals surface area contributed by atoms with Gasteiger partial charge in [0, 0.05) is 17.7 Å². The van der Waals surface area contributed by atoms with Crippen LogP contribution < -0.4 is 5.32 Å². The number of carbonyl (C=O) groups is 1. The fourth-order valence-electron chi connectivity index (χ4n) is 1.54. The SMILES string of the molecule is Cc1c(O)cccc1NC(=O)CC1CC1. The van der Waals surface area contributed by atoms with Crippen molar-refractivity contribution in [2.45, 2.75) is 26.2 Å². The molecule has 1 saturated carbocycles. The van der Waals surface area contributed by atoms with Gasteiger partial charge in [0.05, 0.1) is 0 Å². The zero-order chi connectivity index (χ0) is 10.8. The minimum Gasteiger partial charge on any atom is -0.508 e. The number of aromatic hydroxyl groups is 1. The molecule has 0 aliphatic heterocycles. The molecule has 1 fully saturated rings. The van der Waals surface area contributed by atoms with Crippen molar-refractivity contribution in [3.8, 4) is 5.75 Å². The summed E-state index contributed by atoms with van der Waals surface area (Å²) in [7, 11) is 0. The van der Waals surface area contributed by atoms with Gasteiger partial charge in [-0.05, 0) is 37.8 Å². The fraction of sp³-hybridized carbons (Fsp3) is 0.417. The Kier molecular flexibility index (Phi) is 2.62. The molecule has 80 valence electrons. The Balaban J connectivity index is 2.02. The molecular formula is C12H15NO2. The van der Waals surface area contributed by atoms with E-state index in [2.05, 4.69) is 5.32 Å². The average Bonchev–Trinajstić information content (AvgIpc) is 2.97. The molecule has 0 spiro atoms. The zero-order valence-electron chi connectivity index (χ0n) is 8.79. The van der Waals surface area contributed by atoms with Crippen LogP contribution in [0.25, 0.3) is 0 Å². The molecule has 1 aromatic rings. The summed E-state index contributed by atoms with van der Waals surface area (Å²) in [5, 5.41) is 12.3. The first kappa shape index (κ1) is 10.0. The van der Waals surface area contributed by atoms with E-state index >= 15 is 0 Å². The van der Waals surface area contributed by atoms with E-state index in [-0.39, 0.29) is 11.7 Å². The molecule has 1 aliphatic carbocycles. The largest absolute Gasteiger partial charge is 0.508 e. The Bertz CT molecular complexity index is 383. The maximum absolute atomic E-state index is 11.5. The number of rotatable bonds is 3. The molecule has 2 N–H and O–H groups in total. The van der Waals surface area contributed by atoms with Gasteiger partial charge >= 0.3 is 0 Å². The van der Waals surface area contributed by atoms with Crippen molar-refractivity contribution >= 4 is 11.6 Å². The number of amides is 1. The van der Waals surface area contributed by atoms with E-state index in [9.17, 15) is 9.90 Å².